The van der Waals surface area contributed by atoms with Gasteiger partial charge in [0.15, 0.2) is 0 Å². The molecule has 0 radical (unpaired) electrons. The van der Waals surface area contributed by atoms with Gasteiger partial charge >= 0.3 is 11.8 Å². The molecule has 0 unspecified atom stereocenters. The molecule has 134 valence electrons. The van der Waals surface area contributed by atoms with Gasteiger partial charge in [-0.25, -0.2) is 4.98 Å². The molecule has 3 amide bonds. The first kappa shape index (κ1) is 17.9. The first-order chi connectivity index (χ1) is 12.4. The van der Waals surface area contributed by atoms with E-state index in [-0.39, 0.29) is 16.9 Å². The van der Waals surface area contributed by atoms with Crippen molar-refractivity contribution in [2.24, 2.45) is 5.73 Å². The quantitative estimate of drug-likeness (QED) is 0.692. The maximum atomic E-state index is 12.1. The average molecular weight is 373 g/mol. The lowest BCUT2D eigenvalue weighted by atomic mass is 9.96. The van der Waals surface area contributed by atoms with E-state index in [2.05, 4.69) is 15.6 Å². The predicted octanol–water partition coefficient (Wildman–Crippen LogP) is 1.62. The molecule has 0 aliphatic heterocycles. The third-order valence-electron chi connectivity index (χ3n) is 4.34. The van der Waals surface area contributed by atoms with Crippen LogP contribution in [-0.4, -0.2) is 29.3 Å². The van der Waals surface area contributed by atoms with Crippen molar-refractivity contribution in [3.63, 3.8) is 0 Å². The second-order valence-electron chi connectivity index (χ2n) is 6.17. The second-order valence-corrected chi connectivity index (χ2v) is 6.58. The van der Waals surface area contributed by atoms with Crippen LogP contribution in [0.3, 0.4) is 0 Å². The SMILES string of the molecule is NC(=O)c1cccc(NC(=O)C(=O)NCC2(c3ccccc3Cl)CC2)n1. The van der Waals surface area contributed by atoms with Crippen LogP contribution in [-0.2, 0) is 15.0 Å². The van der Waals surface area contributed by atoms with Gasteiger partial charge in [-0.15, -0.1) is 0 Å². The number of hydrogen-bond acceptors (Lipinski definition) is 4. The van der Waals surface area contributed by atoms with Crippen LogP contribution in [0.25, 0.3) is 0 Å². The van der Waals surface area contributed by atoms with Crippen LogP contribution < -0.4 is 16.4 Å². The van der Waals surface area contributed by atoms with Gasteiger partial charge in [-0.2, -0.15) is 0 Å². The van der Waals surface area contributed by atoms with E-state index >= 15 is 0 Å². The van der Waals surface area contributed by atoms with Crippen molar-refractivity contribution < 1.29 is 14.4 Å². The summed E-state index contributed by atoms with van der Waals surface area (Å²) in [5.41, 5.74) is 5.88. The van der Waals surface area contributed by atoms with Gasteiger partial charge in [-0.1, -0.05) is 35.9 Å². The fraction of sp³-hybridized carbons (Fsp3) is 0.222. The smallest absolute Gasteiger partial charge is 0.314 e. The number of anilines is 1. The Bertz CT molecular complexity index is 880. The van der Waals surface area contributed by atoms with Crippen molar-refractivity contribution in [1.82, 2.24) is 10.3 Å². The molecule has 1 aliphatic carbocycles. The monoisotopic (exact) mass is 372 g/mol. The highest BCUT2D eigenvalue weighted by atomic mass is 35.5. The molecule has 0 saturated heterocycles. The van der Waals surface area contributed by atoms with Gasteiger partial charge in [0.2, 0.25) is 0 Å². The summed E-state index contributed by atoms with van der Waals surface area (Å²) < 4.78 is 0. The van der Waals surface area contributed by atoms with Crippen LogP contribution in [0.4, 0.5) is 5.82 Å². The molecule has 1 aliphatic rings. The van der Waals surface area contributed by atoms with Crippen LogP contribution in [0.2, 0.25) is 5.02 Å². The number of rotatable bonds is 5. The van der Waals surface area contributed by atoms with Gasteiger partial charge < -0.3 is 16.4 Å². The summed E-state index contributed by atoms with van der Waals surface area (Å²) in [7, 11) is 0. The molecule has 0 atom stereocenters. The number of nitrogens with one attached hydrogen (secondary N) is 2. The third-order valence-corrected chi connectivity index (χ3v) is 4.67. The number of pyridine rings is 1. The summed E-state index contributed by atoms with van der Waals surface area (Å²) in [6, 6.07) is 11.9. The molecule has 8 heteroatoms. The van der Waals surface area contributed by atoms with E-state index < -0.39 is 17.7 Å². The maximum absolute atomic E-state index is 12.1. The number of carbonyl (C=O) groups excluding carboxylic acids is 3. The van der Waals surface area contributed by atoms with Crippen molar-refractivity contribution in [2.75, 3.05) is 11.9 Å². The number of aromatic nitrogens is 1. The molecule has 1 aromatic heterocycles. The van der Waals surface area contributed by atoms with Crippen molar-refractivity contribution >= 4 is 35.1 Å². The number of amides is 3. The predicted molar refractivity (Wildman–Crippen MR) is 96.8 cm³/mol. The Hall–Kier alpha value is -2.93. The molecule has 1 fully saturated rings. The van der Waals surface area contributed by atoms with Crippen molar-refractivity contribution in [1.29, 1.82) is 0 Å². The minimum atomic E-state index is -0.867. The lowest BCUT2D eigenvalue weighted by molar-refractivity contribution is -0.136. The molecular formula is C18H17ClN4O3. The molecular weight excluding hydrogens is 356 g/mol. The zero-order valence-corrected chi connectivity index (χ0v) is 14.5. The normalized spacial score (nSPS) is 14.3. The lowest BCUT2D eigenvalue weighted by Gasteiger charge is -2.17. The number of carbonyl (C=O) groups is 3. The van der Waals surface area contributed by atoms with Crippen molar-refractivity contribution in [2.45, 2.75) is 18.3 Å². The minimum absolute atomic E-state index is 0.00105. The fourth-order valence-electron chi connectivity index (χ4n) is 2.73. The summed E-state index contributed by atoms with van der Waals surface area (Å²) in [5.74, 6) is -2.29. The highest BCUT2D eigenvalue weighted by Gasteiger charge is 2.45. The fourth-order valence-corrected chi connectivity index (χ4v) is 3.06. The molecule has 26 heavy (non-hydrogen) atoms. The van der Waals surface area contributed by atoms with Gasteiger partial charge in [0.05, 0.1) is 0 Å². The Kier molecular flexibility index (Phi) is 4.90. The van der Waals surface area contributed by atoms with Crippen molar-refractivity contribution in [3.05, 3.63) is 58.7 Å². The van der Waals surface area contributed by atoms with Gasteiger partial charge in [0.25, 0.3) is 5.91 Å². The number of benzene rings is 1. The van der Waals surface area contributed by atoms with Gasteiger partial charge in [-0.3, -0.25) is 14.4 Å². The Morgan fingerprint density at radius 3 is 2.46 bits per heavy atom. The third kappa shape index (κ3) is 3.83. The lowest BCUT2D eigenvalue weighted by Crippen LogP contribution is -2.39. The topological polar surface area (TPSA) is 114 Å². The highest BCUT2D eigenvalue weighted by Crippen LogP contribution is 2.49. The van der Waals surface area contributed by atoms with E-state index in [1.165, 1.54) is 18.2 Å². The van der Waals surface area contributed by atoms with Crippen LogP contribution in [0.5, 0.6) is 0 Å². The zero-order valence-electron chi connectivity index (χ0n) is 13.8. The molecule has 0 spiro atoms. The molecule has 4 N–H and O–H groups in total. The van der Waals surface area contributed by atoms with Crippen LogP contribution in [0.15, 0.2) is 42.5 Å². The molecule has 0 bridgehead atoms. The van der Waals surface area contributed by atoms with E-state index in [0.29, 0.717) is 11.6 Å². The Labute approximate surface area is 154 Å². The van der Waals surface area contributed by atoms with E-state index in [0.717, 1.165) is 18.4 Å². The molecule has 1 aromatic carbocycles. The van der Waals surface area contributed by atoms with E-state index in [1.54, 1.807) is 0 Å². The first-order valence-corrected chi connectivity index (χ1v) is 8.40. The summed E-state index contributed by atoms with van der Waals surface area (Å²) in [6.07, 6.45) is 1.78. The summed E-state index contributed by atoms with van der Waals surface area (Å²) in [4.78, 5) is 39.1. The van der Waals surface area contributed by atoms with E-state index in [9.17, 15) is 14.4 Å². The second kappa shape index (κ2) is 7.13. The highest BCUT2D eigenvalue weighted by molar-refractivity contribution is 6.39. The number of halogens is 1. The van der Waals surface area contributed by atoms with Gasteiger partial charge in [0.1, 0.15) is 11.5 Å². The first-order valence-electron chi connectivity index (χ1n) is 8.02. The molecule has 1 saturated carbocycles. The average Bonchev–Trinajstić information content (AvgIpc) is 3.41. The van der Waals surface area contributed by atoms with Gasteiger partial charge in [0, 0.05) is 17.0 Å². The Balaban J connectivity index is 1.60. The van der Waals surface area contributed by atoms with E-state index in [1.807, 2.05) is 24.3 Å². The Morgan fingerprint density at radius 2 is 1.81 bits per heavy atom. The van der Waals surface area contributed by atoms with Gasteiger partial charge in [-0.05, 0) is 36.6 Å². The molecule has 7 nitrogen and oxygen atoms in total. The van der Waals surface area contributed by atoms with Crippen LogP contribution in [0.1, 0.15) is 28.9 Å². The number of hydrogen-bond donors (Lipinski definition) is 3. The summed E-state index contributed by atoms with van der Waals surface area (Å²) in [6.45, 7) is 0.317. The van der Waals surface area contributed by atoms with E-state index in [4.69, 9.17) is 17.3 Å². The van der Waals surface area contributed by atoms with Crippen LogP contribution >= 0.6 is 11.6 Å². The maximum Gasteiger partial charge on any atom is 0.314 e. The summed E-state index contributed by atoms with van der Waals surface area (Å²) >= 11 is 6.24. The van der Waals surface area contributed by atoms with Crippen molar-refractivity contribution in [3.8, 4) is 0 Å². The zero-order chi connectivity index (χ0) is 18.7. The number of primary amides is 1. The summed E-state index contributed by atoms with van der Waals surface area (Å²) in [5, 5.41) is 5.64. The minimum Gasteiger partial charge on any atom is -0.364 e. The molecule has 1 heterocycles. The largest absolute Gasteiger partial charge is 0.364 e. The standard InChI is InChI=1S/C18H17ClN4O3/c19-12-5-2-1-4-11(12)18(8-9-18)10-21-16(25)17(26)23-14-7-3-6-13(22-14)15(20)24/h1-7H,8-10H2,(H2,20,24)(H,21,25)(H,22,23,26). The molecule has 2 aromatic rings. The molecule has 3 rings (SSSR count). The Morgan fingerprint density at radius 1 is 1.08 bits per heavy atom. The number of nitrogens with two attached hydrogens (primary N) is 1. The van der Waals surface area contributed by atoms with Crippen LogP contribution in [0, 0.1) is 0 Å². The number of nitrogens with zero attached hydrogens (tertiary/aromatic N) is 1.